The molecule has 1 unspecified atom stereocenters. The van der Waals surface area contributed by atoms with Crippen molar-refractivity contribution in [3.8, 4) is 0 Å². The van der Waals surface area contributed by atoms with E-state index in [1.165, 1.54) is 0 Å². The zero-order valence-corrected chi connectivity index (χ0v) is 8.94. The third kappa shape index (κ3) is 2.42. The van der Waals surface area contributed by atoms with Gasteiger partial charge in [0.1, 0.15) is 0 Å². The highest BCUT2D eigenvalue weighted by Crippen LogP contribution is 2.10. The van der Waals surface area contributed by atoms with E-state index in [0.717, 1.165) is 12.0 Å². The van der Waals surface area contributed by atoms with Gasteiger partial charge in [-0.15, -0.1) is 0 Å². The van der Waals surface area contributed by atoms with Gasteiger partial charge in [0.15, 0.2) is 0 Å². The van der Waals surface area contributed by atoms with E-state index in [1.54, 1.807) is 12.4 Å². The molecule has 1 aromatic rings. The predicted molar refractivity (Wildman–Crippen MR) is 56.1 cm³/mol. The summed E-state index contributed by atoms with van der Waals surface area (Å²) in [5, 5.41) is 8.83. The number of nitrogens with zero attached hydrogens (tertiary/aromatic N) is 3. The second kappa shape index (κ2) is 4.91. The fraction of sp³-hybridized carbons (Fsp3) is 0.600. The van der Waals surface area contributed by atoms with Gasteiger partial charge in [-0.05, 0) is 13.3 Å². The summed E-state index contributed by atoms with van der Waals surface area (Å²) in [6.45, 7) is 4.25. The molecule has 0 radical (unpaired) electrons. The number of hydrogen-bond acceptors (Lipinski definition) is 4. The minimum atomic E-state index is -0.00662. The molecule has 0 aliphatic heterocycles. The van der Waals surface area contributed by atoms with Crippen LogP contribution in [0.3, 0.4) is 0 Å². The maximum absolute atomic E-state index is 8.83. The summed E-state index contributed by atoms with van der Waals surface area (Å²) >= 11 is 0. The Morgan fingerprint density at radius 2 is 2.00 bits per heavy atom. The lowest BCUT2D eigenvalue weighted by molar-refractivity contribution is 0.281. The van der Waals surface area contributed by atoms with Crippen molar-refractivity contribution in [2.45, 2.75) is 32.9 Å². The Labute approximate surface area is 84.6 Å². The van der Waals surface area contributed by atoms with Crippen LogP contribution in [-0.2, 0) is 6.61 Å². The molecule has 0 spiro atoms. The van der Waals surface area contributed by atoms with Crippen LogP contribution in [-0.4, -0.2) is 28.2 Å². The van der Waals surface area contributed by atoms with Crippen molar-refractivity contribution in [1.82, 2.24) is 9.97 Å². The molecule has 1 heterocycles. The minimum Gasteiger partial charge on any atom is -0.392 e. The summed E-state index contributed by atoms with van der Waals surface area (Å²) in [4.78, 5) is 10.4. The van der Waals surface area contributed by atoms with Crippen LogP contribution in [0, 0.1) is 0 Å². The fourth-order valence-corrected chi connectivity index (χ4v) is 1.08. The Morgan fingerprint density at radius 3 is 2.43 bits per heavy atom. The van der Waals surface area contributed by atoms with Crippen LogP contribution < -0.4 is 4.90 Å². The van der Waals surface area contributed by atoms with Crippen LogP contribution in [0.2, 0.25) is 0 Å². The lowest BCUT2D eigenvalue weighted by atomic mass is 10.2. The summed E-state index contributed by atoms with van der Waals surface area (Å²) in [5.41, 5.74) is 0.742. The van der Waals surface area contributed by atoms with Crippen molar-refractivity contribution >= 4 is 5.95 Å². The lowest BCUT2D eigenvalue weighted by Crippen LogP contribution is -2.29. The Morgan fingerprint density at radius 1 is 1.43 bits per heavy atom. The Kier molecular flexibility index (Phi) is 3.83. The fourth-order valence-electron chi connectivity index (χ4n) is 1.08. The molecule has 0 aromatic carbocycles. The van der Waals surface area contributed by atoms with E-state index in [9.17, 15) is 0 Å². The Bertz CT molecular complexity index is 273. The maximum atomic E-state index is 8.83. The van der Waals surface area contributed by atoms with Crippen molar-refractivity contribution < 1.29 is 5.11 Å². The van der Waals surface area contributed by atoms with Gasteiger partial charge in [0.25, 0.3) is 0 Å². The van der Waals surface area contributed by atoms with Gasteiger partial charge in [0.05, 0.1) is 6.61 Å². The second-order valence-corrected chi connectivity index (χ2v) is 3.42. The molecule has 78 valence electrons. The first-order valence-corrected chi connectivity index (χ1v) is 4.83. The first kappa shape index (κ1) is 10.9. The molecule has 1 N–H and O–H groups in total. The molecule has 0 amide bonds. The summed E-state index contributed by atoms with van der Waals surface area (Å²) in [5.74, 6) is 0.705. The van der Waals surface area contributed by atoms with Gasteiger partial charge >= 0.3 is 0 Å². The standard InChI is InChI=1S/C10H17N3O/c1-4-8(2)13(3)10-11-5-9(7-14)6-12-10/h5-6,8,14H,4,7H2,1-3H3. The van der Waals surface area contributed by atoms with Gasteiger partial charge in [-0.3, -0.25) is 0 Å². The molecule has 0 aliphatic carbocycles. The molecule has 4 nitrogen and oxygen atoms in total. The lowest BCUT2D eigenvalue weighted by Gasteiger charge is -2.23. The second-order valence-electron chi connectivity index (χ2n) is 3.42. The van der Waals surface area contributed by atoms with Crippen molar-refractivity contribution in [3.63, 3.8) is 0 Å². The van der Waals surface area contributed by atoms with Gasteiger partial charge in [0.2, 0.25) is 5.95 Å². The highest BCUT2D eigenvalue weighted by Gasteiger charge is 2.09. The van der Waals surface area contributed by atoms with E-state index in [2.05, 4.69) is 23.8 Å². The summed E-state index contributed by atoms with van der Waals surface area (Å²) < 4.78 is 0. The zero-order chi connectivity index (χ0) is 10.6. The van der Waals surface area contributed by atoms with Gasteiger partial charge in [-0.25, -0.2) is 9.97 Å². The van der Waals surface area contributed by atoms with E-state index in [1.807, 2.05) is 11.9 Å². The molecule has 1 aromatic heterocycles. The third-order valence-electron chi connectivity index (χ3n) is 2.44. The Balaban J connectivity index is 2.75. The van der Waals surface area contributed by atoms with Gasteiger partial charge in [-0.2, -0.15) is 0 Å². The maximum Gasteiger partial charge on any atom is 0.225 e. The summed E-state index contributed by atoms with van der Waals surface area (Å²) in [6, 6.07) is 0.426. The number of aliphatic hydroxyl groups is 1. The van der Waals surface area contributed by atoms with Crippen LogP contribution in [0.25, 0.3) is 0 Å². The average Bonchev–Trinajstić information content (AvgIpc) is 2.27. The molecule has 1 atom stereocenters. The number of rotatable bonds is 4. The molecule has 0 aliphatic rings. The molecule has 0 fully saturated rings. The first-order valence-electron chi connectivity index (χ1n) is 4.83. The van der Waals surface area contributed by atoms with Crippen LogP contribution >= 0.6 is 0 Å². The molecule has 0 saturated heterocycles. The zero-order valence-electron chi connectivity index (χ0n) is 8.94. The third-order valence-corrected chi connectivity index (χ3v) is 2.44. The normalized spacial score (nSPS) is 12.6. The molecule has 1 rings (SSSR count). The van der Waals surface area contributed by atoms with E-state index in [0.29, 0.717) is 12.0 Å². The highest BCUT2D eigenvalue weighted by molar-refractivity contribution is 5.29. The van der Waals surface area contributed by atoms with Crippen molar-refractivity contribution in [2.75, 3.05) is 11.9 Å². The van der Waals surface area contributed by atoms with Crippen molar-refractivity contribution in [2.24, 2.45) is 0 Å². The quantitative estimate of drug-likeness (QED) is 0.784. The average molecular weight is 195 g/mol. The number of aromatic nitrogens is 2. The van der Waals surface area contributed by atoms with E-state index < -0.39 is 0 Å². The molecular weight excluding hydrogens is 178 g/mol. The summed E-state index contributed by atoms with van der Waals surface area (Å²) in [7, 11) is 1.97. The first-order chi connectivity index (χ1) is 6.69. The minimum absolute atomic E-state index is 0.00662. The monoisotopic (exact) mass is 195 g/mol. The van der Waals surface area contributed by atoms with E-state index in [4.69, 9.17) is 5.11 Å². The largest absolute Gasteiger partial charge is 0.392 e. The Hall–Kier alpha value is -1.16. The van der Waals surface area contributed by atoms with E-state index >= 15 is 0 Å². The summed E-state index contributed by atoms with van der Waals surface area (Å²) in [6.07, 6.45) is 4.37. The number of aliphatic hydroxyl groups excluding tert-OH is 1. The molecule has 4 heteroatoms. The number of anilines is 1. The van der Waals surface area contributed by atoms with Crippen LogP contribution in [0.5, 0.6) is 0 Å². The highest BCUT2D eigenvalue weighted by atomic mass is 16.3. The molecule has 0 saturated carbocycles. The van der Waals surface area contributed by atoms with Crippen LogP contribution in [0.15, 0.2) is 12.4 Å². The van der Waals surface area contributed by atoms with E-state index in [-0.39, 0.29) is 6.61 Å². The van der Waals surface area contributed by atoms with Gasteiger partial charge < -0.3 is 10.0 Å². The van der Waals surface area contributed by atoms with Crippen LogP contribution in [0.1, 0.15) is 25.8 Å². The smallest absolute Gasteiger partial charge is 0.225 e. The van der Waals surface area contributed by atoms with Crippen molar-refractivity contribution in [3.05, 3.63) is 18.0 Å². The van der Waals surface area contributed by atoms with Crippen LogP contribution in [0.4, 0.5) is 5.95 Å². The van der Waals surface area contributed by atoms with Gasteiger partial charge in [-0.1, -0.05) is 6.92 Å². The topological polar surface area (TPSA) is 49.2 Å². The van der Waals surface area contributed by atoms with Crippen molar-refractivity contribution in [1.29, 1.82) is 0 Å². The SMILES string of the molecule is CCC(C)N(C)c1ncc(CO)cn1. The molecular formula is C10H17N3O. The van der Waals surface area contributed by atoms with Gasteiger partial charge in [0, 0.05) is 31.0 Å². The number of hydrogen-bond donors (Lipinski definition) is 1. The molecule has 0 bridgehead atoms. The molecule has 14 heavy (non-hydrogen) atoms. The predicted octanol–water partition coefficient (Wildman–Crippen LogP) is 1.20.